The number of carbonyl (C=O) groups is 4. The van der Waals surface area contributed by atoms with E-state index in [1.54, 1.807) is 24.3 Å². The quantitative estimate of drug-likeness (QED) is 0.0797. The summed E-state index contributed by atoms with van der Waals surface area (Å²) in [5.74, 6) is -1.82. The van der Waals surface area contributed by atoms with Gasteiger partial charge in [-0.1, -0.05) is 206 Å². The fourth-order valence-corrected chi connectivity index (χ4v) is 13.1. The molecular formula is C86H72N4O4. The number of imide groups is 2. The molecule has 94 heavy (non-hydrogen) atoms. The number of nitrogens with zero attached hydrogens (tertiary/aromatic N) is 4. The summed E-state index contributed by atoms with van der Waals surface area (Å²) in [4.78, 5) is 62.6. The molecule has 0 radical (unpaired) electrons. The highest BCUT2D eigenvalue weighted by molar-refractivity contribution is 6.42. The van der Waals surface area contributed by atoms with Crippen molar-refractivity contribution < 1.29 is 19.2 Å². The van der Waals surface area contributed by atoms with E-state index in [2.05, 4.69) is 244 Å². The molecule has 2 aliphatic rings. The summed E-state index contributed by atoms with van der Waals surface area (Å²) < 4.78 is 0. The van der Waals surface area contributed by atoms with Crippen LogP contribution in [0.1, 0.15) is 122 Å². The van der Waals surface area contributed by atoms with E-state index in [1.807, 2.05) is 64.1 Å². The van der Waals surface area contributed by atoms with Crippen LogP contribution >= 0.6 is 0 Å². The zero-order valence-electron chi connectivity index (χ0n) is 54.2. The molecule has 460 valence electrons. The second-order valence-electron chi connectivity index (χ2n) is 24.5. The van der Waals surface area contributed by atoms with Crippen LogP contribution < -0.4 is 19.6 Å². The molecule has 2 aliphatic heterocycles. The first-order valence-electron chi connectivity index (χ1n) is 32.2. The Balaban J connectivity index is 0.000000184. The maximum absolute atomic E-state index is 13.9. The molecule has 0 N–H and O–H groups in total. The van der Waals surface area contributed by atoms with Gasteiger partial charge in [0.25, 0.3) is 23.6 Å². The van der Waals surface area contributed by atoms with Gasteiger partial charge >= 0.3 is 0 Å². The highest BCUT2D eigenvalue weighted by Crippen LogP contribution is 2.44. The molecule has 0 saturated carbocycles. The van der Waals surface area contributed by atoms with Crippen LogP contribution in [0.2, 0.25) is 0 Å². The Kier molecular flexibility index (Phi) is 17.0. The lowest BCUT2D eigenvalue weighted by molar-refractivity contribution is 0.0872. The summed E-state index contributed by atoms with van der Waals surface area (Å²) in [6.45, 7) is 16.2. The molecule has 2 heterocycles. The van der Waals surface area contributed by atoms with E-state index in [-0.39, 0.29) is 0 Å². The Hall–Kier alpha value is -11.5. The minimum atomic E-state index is -0.454. The minimum Gasteiger partial charge on any atom is -0.311 e. The Morgan fingerprint density at radius 1 is 0.298 bits per heavy atom. The van der Waals surface area contributed by atoms with Crippen molar-refractivity contribution in [2.75, 3.05) is 19.6 Å². The highest BCUT2D eigenvalue weighted by atomic mass is 16.2. The van der Waals surface area contributed by atoms with Crippen molar-refractivity contribution in [2.45, 2.75) is 68.2 Å². The summed E-state index contributed by atoms with van der Waals surface area (Å²) >= 11 is 0. The number of amides is 4. The molecule has 12 aromatic rings. The minimum absolute atomic E-state index is 0.310. The fraction of sp³-hybridized carbons (Fsp3) is 0.116. The van der Waals surface area contributed by atoms with Gasteiger partial charge in [-0.3, -0.25) is 19.2 Å². The Bertz CT molecular complexity index is 4510. The fourth-order valence-electron chi connectivity index (χ4n) is 13.1. The summed E-state index contributed by atoms with van der Waals surface area (Å²) in [5, 5.41) is 3.21. The number of rotatable bonds is 14. The second kappa shape index (κ2) is 26.0. The Morgan fingerprint density at radius 2 is 0.574 bits per heavy atom. The molecular weight excluding hydrogens is 1150 g/mol. The average molecular weight is 1230 g/mol. The summed E-state index contributed by atoms with van der Waals surface area (Å²) in [6, 6.07) is 83.6. The van der Waals surface area contributed by atoms with Crippen LogP contribution in [0.3, 0.4) is 0 Å². The van der Waals surface area contributed by atoms with Gasteiger partial charge < -0.3 is 9.80 Å². The van der Waals surface area contributed by atoms with E-state index in [0.29, 0.717) is 57.2 Å². The number of aryl methyl sites for hydroxylation is 8. The van der Waals surface area contributed by atoms with Gasteiger partial charge in [0.05, 0.1) is 11.4 Å². The lowest BCUT2D eigenvalue weighted by Crippen LogP contribution is -2.44. The number of benzene rings is 12. The van der Waals surface area contributed by atoms with Crippen molar-refractivity contribution in [3.63, 3.8) is 0 Å². The number of carbonyl (C=O) groups excluding carboxylic acids is 4. The first-order valence-corrected chi connectivity index (χ1v) is 32.2. The van der Waals surface area contributed by atoms with Crippen LogP contribution in [0.15, 0.2) is 243 Å². The molecule has 8 heteroatoms. The van der Waals surface area contributed by atoms with Crippen molar-refractivity contribution in [3.8, 4) is 0 Å². The average Bonchev–Trinajstić information content (AvgIpc) is 0.712. The molecule has 4 amide bonds. The van der Waals surface area contributed by atoms with Crippen LogP contribution in [-0.2, 0) is 12.8 Å². The van der Waals surface area contributed by atoms with Gasteiger partial charge in [0.2, 0.25) is 0 Å². The van der Waals surface area contributed by atoms with Gasteiger partial charge in [-0.15, -0.1) is 0 Å². The number of anilines is 8. The van der Waals surface area contributed by atoms with Gasteiger partial charge in [0.1, 0.15) is 0 Å². The molecule has 12 aromatic carbocycles. The van der Waals surface area contributed by atoms with E-state index >= 15 is 0 Å². The summed E-state index contributed by atoms with van der Waals surface area (Å²) in [7, 11) is 0. The second-order valence-corrected chi connectivity index (χ2v) is 24.5. The molecule has 0 aliphatic carbocycles. The maximum Gasteiger partial charge on any atom is 0.266 e. The zero-order valence-corrected chi connectivity index (χ0v) is 54.2. The SMILES string of the molecule is CCc1cccc(C)c1N1C(=O)c2ccc3c4c(ccc(c24)C1=O)C(=O)N(c1c(C)cccc1CC)C3=O.Cc1ccc(N(c2ccc(C)cc2)c2ccc(/C=C/c3ccc(/C=C/c4ccc(N(c5ccc(C)cc5)c5ccc(C)cc5)cc4)c4ccccc34)cc2)cc1. The van der Waals surface area contributed by atoms with Gasteiger partial charge in [-0.2, -0.15) is 0 Å². The number of para-hydroxylation sites is 2. The van der Waals surface area contributed by atoms with Crippen molar-refractivity contribution in [1.82, 2.24) is 0 Å². The molecule has 0 fully saturated rings. The summed E-state index contributed by atoms with van der Waals surface area (Å²) in [6.07, 6.45) is 10.2. The highest BCUT2D eigenvalue weighted by Gasteiger charge is 2.42. The lowest BCUT2D eigenvalue weighted by Gasteiger charge is -2.33. The third-order valence-corrected chi connectivity index (χ3v) is 18.1. The van der Waals surface area contributed by atoms with Crippen LogP contribution in [0.25, 0.3) is 45.8 Å². The Morgan fingerprint density at radius 3 is 0.851 bits per heavy atom. The maximum atomic E-state index is 13.9. The van der Waals surface area contributed by atoms with Crippen LogP contribution in [0, 0.1) is 41.5 Å². The van der Waals surface area contributed by atoms with Gasteiger partial charge in [0.15, 0.2) is 0 Å². The first-order chi connectivity index (χ1) is 45.7. The third kappa shape index (κ3) is 11.7. The monoisotopic (exact) mass is 1220 g/mol. The zero-order chi connectivity index (χ0) is 65.3. The van der Waals surface area contributed by atoms with E-state index in [1.165, 1.54) is 54.0 Å². The van der Waals surface area contributed by atoms with Gasteiger partial charge in [-0.25, -0.2) is 9.80 Å². The lowest BCUT2D eigenvalue weighted by atomic mass is 9.85. The normalized spacial score (nSPS) is 12.7. The van der Waals surface area contributed by atoms with Crippen molar-refractivity contribution in [3.05, 3.63) is 332 Å². The van der Waals surface area contributed by atoms with Gasteiger partial charge in [0, 0.05) is 67.2 Å². The number of fused-ring (bicyclic) bond motifs is 1. The predicted molar refractivity (Wildman–Crippen MR) is 390 cm³/mol. The van der Waals surface area contributed by atoms with Crippen molar-refractivity contribution in [2.24, 2.45) is 0 Å². The van der Waals surface area contributed by atoms with Crippen molar-refractivity contribution in [1.29, 1.82) is 0 Å². The molecule has 0 bridgehead atoms. The number of hydrogen-bond donors (Lipinski definition) is 0. The molecule has 8 nitrogen and oxygen atoms in total. The summed E-state index contributed by atoms with van der Waals surface area (Å²) in [5.41, 5.74) is 22.4. The van der Waals surface area contributed by atoms with E-state index < -0.39 is 23.6 Å². The topological polar surface area (TPSA) is 81.2 Å². The van der Waals surface area contributed by atoms with E-state index in [9.17, 15) is 19.2 Å². The third-order valence-electron chi connectivity index (χ3n) is 18.1. The molecule has 0 atom stereocenters. The standard InChI is InChI=1S/C54H46N2.C32H26N2O4/c1-39-9-27-47(28-10-39)55(48-29-11-40(2)12-30-48)51-35-19-43(20-36-51)17-23-45-25-26-46(54-8-6-5-7-53(45)54)24-18-44-21-37-52(38-22-44)56(49-31-13-41(3)14-32-49)50-33-15-42(4)16-34-50;1-5-19-11-7-9-17(3)27(19)33-29(35)21-13-15-23-26-24(16-14-22(25(21)26)30(33)36)32(38)34(31(23)37)28-18(4)10-8-12-20(28)6-2/h5-38H,1-4H3;7-16H,5-6H2,1-4H3/b23-17+,24-18+;. The van der Waals surface area contributed by atoms with E-state index in [4.69, 9.17) is 0 Å². The van der Waals surface area contributed by atoms with Crippen molar-refractivity contribution >= 4 is 115 Å². The van der Waals surface area contributed by atoms with Crippen LogP contribution in [0.5, 0.6) is 0 Å². The molecule has 0 unspecified atom stereocenters. The smallest absolute Gasteiger partial charge is 0.266 e. The van der Waals surface area contributed by atoms with Crippen LogP contribution in [0.4, 0.5) is 45.5 Å². The first kappa shape index (κ1) is 61.4. The molecule has 0 spiro atoms. The van der Waals surface area contributed by atoms with E-state index in [0.717, 1.165) is 67.5 Å². The molecule has 14 rings (SSSR count). The predicted octanol–water partition coefficient (Wildman–Crippen LogP) is 21.5. The van der Waals surface area contributed by atoms with Gasteiger partial charge in [-0.05, 0) is 207 Å². The largest absolute Gasteiger partial charge is 0.311 e. The Labute approximate surface area is 550 Å². The van der Waals surface area contributed by atoms with Crippen LogP contribution in [-0.4, -0.2) is 23.6 Å². The molecule has 0 saturated heterocycles. The number of hydrogen-bond acceptors (Lipinski definition) is 6. The molecule has 0 aromatic heterocycles.